The summed E-state index contributed by atoms with van der Waals surface area (Å²) in [4.78, 5) is 17.5. The molecule has 3 rings (SSSR count). The lowest BCUT2D eigenvalue weighted by Crippen LogP contribution is -2.37. The van der Waals surface area contributed by atoms with E-state index in [4.69, 9.17) is 4.99 Å². The maximum Gasteiger partial charge on any atom is 0.269 e. The van der Waals surface area contributed by atoms with E-state index < -0.39 is 0 Å². The number of amidine groups is 1. The van der Waals surface area contributed by atoms with Gasteiger partial charge in [0.05, 0.1) is 10.6 Å². The quantitative estimate of drug-likeness (QED) is 0.618. The Morgan fingerprint density at radius 1 is 1.45 bits per heavy atom. The summed E-state index contributed by atoms with van der Waals surface area (Å²) < 4.78 is 0. The van der Waals surface area contributed by atoms with Gasteiger partial charge in [-0.15, -0.1) is 0 Å². The molecular weight excluding hydrogens is 274 g/mol. The zero-order valence-electron chi connectivity index (χ0n) is 11.4. The summed E-state index contributed by atoms with van der Waals surface area (Å²) in [7, 11) is 0. The van der Waals surface area contributed by atoms with Crippen molar-refractivity contribution in [3.8, 4) is 0 Å². The lowest BCUT2D eigenvalue weighted by atomic mass is 10.1. The van der Waals surface area contributed by atoms with Crippen LogP contribution in [-0.4, -0.2) is 33.3 Å². The number of aryl methyl sites for hydroxylation is 1. The van der Waals surface area contributed by atoms with Crippen molar-refractivity contribution in [1.29, 1.82) is 0 Å². The summed E-state index contributed by atoms with van der Waals surface area (Å²) in [6.45, 7) is 2.96. The van der Waals surface area contributed by atoms with Crippen LogP contribution in [-0.2, 0) is 0 Å². The minimum atomic E-state index is -0.366. The molecule has 0 aliphatic carbocycles. The van der Waals surface area contributed by atoms with Crippen LogP contribution in [0.1, 0.15) is 24.8 Å². The van der Waals surface area contributed by atoms with E-state index in [1.165, 1.54) is 25.3 Å². The van der Waals surface area contributed by atoms with Gasteiger partial charge in [-0.3, -0.25) is 10.1 Å². The van der Waals surface area contributed by atoms with Crippen molar-refractivity contribution >= 4 is 28.3 Å². The lowest BCUT2D eigenvalue weighted by Gasteiger charge is -2.30. The Kier molecular flexibility index (Phi) is 3.65. The minimum absolute atomic E-state index is 0.126. The first kappa shape index (κ1) is 13.4. The van der Waals surface area contributed by atoms with Crippen LogP contribution in [0, 0.1) is 17.0 Å². The zero-order chi connectivity index (χ0) is 14.1. The van der Waals surface area contributed by atoms with E-state index in [0.717, 1.165) is 28.7 Å². The van der Waals surface area contributed by atoms with E-state index in [1.807, 2.05) is 6.92 Å². The molecule has 2 aliphatic rings. The van der Waals surface area contributed by atoms with E-state index in [1.54, 1.807) is 23.9 Å². The normalized spacial score (nSPS) is 23.9. The van der Waals surface area contributed by atoms with Crippen molar-refractivity contribution in [1.82, 2.24) is 4.90 Å². The number of nitro groups is 1. The van der Waals surface area contributed by atoms with Gasteiger partial charge in [-0.2, -0.15) is 0 Å². The molecule has 1 unspecified atom stereocenters. The van der Waals surface area contributed by atoms with Crippen LogP contribution in [0.5, 0.6) is 0 Å². The number of rotatable bonds is 2. The van der Waals surface area contributed by atoms with Gasteiger partial charge < -0.3 is 4.90 Å². The number of hydrogen-bond acceptors (Lipinski definition) is 4. The molecule has 0 radical (unpaired) electrons. The number of nitro benzene ring substituents is 1. The van der Waals surface area contributed by atoms with E-state index >= 15 is 0 Å². The van der Waals surface area contributed by atoms with Crippen LogP contribution in [0.3, 0.4) is 0 Å². The van der Waals surface area contributed by atoms with Crippen molar-refractivity contribution in [2.24, 2.45) is 4.99 Å². The molecule has 2 fully saturated rings. The fourth-order valence-electron chi connectivity index (χ4n) is 2.76. The summed E-state index contributed by atoms with van der Waals surface area (Å²) in [5.41, 5.74) is 1.82. The number of aliphatic imine (C=N–C) groups is 1. The second-order valence-corrected chi connectivity index (χ2v) is 6.26. The lowest BCUT2D eigenvalue weighted by molar-refractivity contribution is -0.384. The third kappa shape index (κ3) is 2.52. The van der Waals surface area contributed by atoms with Gasteiger partial charge in [0, 0.05) is 30.5 Å². The molecule has 20 heavy (non-hydrogen) atoms. The highest BCUT2D eigenvalue weighted by Crippen LogP contribution is 2.33. The Hall–Kier alpha value is -1.56. The largest absolute Gasteiger partial charge is 0.347 e. The minimum Gasteiger partial charge on any atom is -0.347 e. The van der Waals surface area contributed by atoms with E-state index in [0.29, 0.717) is 6.04 Å². The van der Waals surface area contributed by atoms with Crippen LogP contribution in [0.4, 0.5) is 11.4 Å². The molecular formula is C14H17N3O2S. The van der Waals surface area contributed by atoms with E-state index in [-0.39, 0.29) is 10.6 Å². The Morgan fingerprint density at radius 3 is 3.05 bits per heavy atom. The van der Waals surface area contributed by atoms with Crippen molar-refractivity contribution in [3.63, 3.8) is 0 Å². The van der Waals surface area contributed by atoms with Crippen LogP contribution < -0.4 is 0 Å². The number of piperidine rings is 1. The van der Waals surface area contributed by atoms with Gasteiger partial charge in [-0.1, -0.05) is 11.8 Å². The molecule has 1 atom stereocenters. The number of non-ortho nitro benzene ring substituents is 1. The molecule has 0 amide bonds. The van der Waals surface area contributed by atoms with Gasteiger partial charge in [0.25, 0.3) is 5.69 Å². The molecule has 5 nitrogen and oxygen atoms in total. The van der Waals surface area contributed by atoms with Gasteiger partial charge in [0.2, 0.25) is 0 Å². The molecule has 6 heteroatoms. The standard InChI is InChI=1S/C14H17N3O2S/c1-10-8-11(17(18)19)5-6-13(10)15-14-16-7-3-2-4-12(16)9-20-14/h5-6,8,12H,2-4,7,9H2,1H3. The molecule has 2 saturated heterocycles. The Labute approximate surface area is 122 Å². The fraction of sp³-hybridized carbons (Fsp3) is 0.500. The summed E-state index contributed by atoms with van der Waals surface area (Å²) in [6.07, 6.45) is 3.80. The van der Waals surface area contributed by atoms with Crippen LogP contribution in [0.25, 0.3) is 0 Å². The maximum atomic E-state index is 10.8. The smallest absolute Gasteiger partial charge is 0.269 e. The zero-order valence-corrected chi connectivity index (χ0v) is 12.2. The van der Waals surface area contributed by atoms with Crippen LogP contribution in [0.15, 0.2) is 23.2 Å². The predicted molar refractivity (Wildman–Crippen MR) is 81.7 cm³/mol. The first-order chi connectivity index (χ1) is 9.65. The summed E-state index contributed by atoms with van der Waals surface area (Å²) in [5.74, 6) is 1.12. The molecule has 106 valence electrons. The van der Waals surface area contributed by atoms with Crippen molar-refractivity contribution < 1.29 is 4.92 Å². The highest BCUT2D eigenvalue weighted by Gasteiger charge is 2.32. The topological polar surface area (TPSA) is 58.7 Å². The predicted octanol–water partition coefficient (Wildman–Crippen LogP) is 3.49. The first-order valence-corrected chi connectivity index (χ1v) is 7.87. The molecule has 0 N–H and O–H groups in total. The first-order valence-electron chi connectivity index (χ1n) is 6.88. The van der Waals surface area contributed by atoms with Gasteiger partial charge in [0.1, 0.15) is 0 Å². The Balaban J connectivity index is 1.86. The maximum absolute atomic E-state index is 10.8. The van der Waals surface area contributed by atoms with E-state index in [2.05, 4.69) is 4.90 Å². The summed E-state index contributed by atoms with van der Waals surface area (Å²) >= 11 is 1.80. The van der Waals surface area contributed by atoms with Crippen molar-refractivity contribution in [2.75, 3.05) is 12.3 Å². The van der Waals surface area contributed by atoms with E-state index in [9.17, 15) is 10.1 Å². The van der Waals surface area contributed by atoms with Gasteiger partial charge in [0.15, 0.2) is 5.17 Å². The highest BCUT2D eigenvalue weighted by atomic mass is 32.2. The Morgan fingerprint density at radius 2 is 2.30 bits per heavy atom. The second kappa shape index (κ2) is 5.44. The number of benzene rings is 1. The highest BCUT2D eigenvalue weighted by molar-refractivity contribution is 8.14. The fourth-order valence-corrected chi connectivity index (χ4v) is 4.01. The number of thioether (sulfide) groups is 1. The summed E-state index contributed by atoms with van der Waals surface area (Å²) in [5, 5.41) is 11.8. The number of nitrogens with zero attached hydrogens (tertiary/aromatic N) is 3. The summed E-state index contributed by atoms with van der Waals surface area (Å²) in [6, 6.07) is 5.50. The van der Waals surface area contributed by atoms with Crippen molar-refractivity contribution in [3.05, 3.63) is 33.9 Å². The average molecular weight is 291 g/mol. The number of hydrogen-bond donors (Lipinski definition) is 0. The molecule has 0 aromatic heterocycles. The number of fused-ring (bicyclic) bond motifs is 1. The second-order valence-electron chi connectivity index (χ2n) is 5.28. The average Bonchev–Trinajstić information content (AvgIpc) is 2.84. The molecule has 2 heterocycles. The van der Waals surface area contributed by atoms with Gasteiger partial charge >= 0.3 is 0 Å². The van der Waals surface area contributed by atoms with Gasteiger partial charge in [-0.25, -0.2) is 4.99 Å². The van der Waals surface area contributed by atoms with Gasteiger partial charge in [-0.05, 0) is 37.8 Å². The van der Waals surface area contributed by atoms with Crippen molar-refractivity contribution in [2.45, 2.75) is 32.2 Å². The molecule has 1 aromatic rings. The molecule has 0 bridgehead atoms. The molecule has 1 aromatic carbocycles. The molecule has 0 saturated carbocycles. The van der Waals surface area contributed by atoms with Crippen LogP contribution in [0.2, 0.25) is 0 Å². The molecule has 2 aliphatic heterocycles. The molecule has 0 spiro atoms. The SMILES string of the molecule is Cc1cc([N+](=O)[O-])ccc1N=C1SCC2CCCCN12. The Bertz CT molecular complexity index is 574. The monoisotopic (exact) mass is 291 g/mol. The third-order valence-electron chi connectivity index (χ3n) is 3.88. The van der Waals surface area contributed by atoms with Crippen LogP contribution >= 0.6 is 11.8 Å². The third-order valence-corrected chi connectivity index (χ3v) is 5.02.